The molecule has 1 N–H and O–H groups in total. The minimum absolute atomic E-state index is 0.0770. The number of hydrogen-bond donors (Lipinski definition) is 1. The lowest BCUT2D eigenvalue weighted by molar-refractivity contribution is -0.384. The van der Waals surface area contributed by atoms with Crippen molar-refractivity contribution in [2.45, 2.75) is 0 Å². The number of carboxylic acids is 1. The summed E-state index contributed by atoms with van der Waals surface area (Å²) in [4.78, 5) is 26.8. The molecule has 0 saturated carbocycles. The van der Waals surface area contributed by atoms with Crippen molar-refractivity contribution in [3.05, 3.63) is 94.5 Å². The van der Waals surface area contributed by atoms with E-state index in [9.17, 15) is 20.0 Å². The van der Waals surface area contributed by atoms with E-state index < -0.39 is 10.9 Å². The maximum atomic E-state index is 11.8. The highest BCUT2D eigenvalue weighted by atomic mass is 16.6. The number of pyridine rings is 1. The van der Waals surface area contributed by atoms with E-state index in [1.54, 1.807) is 6.07 Å². The van der Waals surface area contributed by atoms with Crippen molar-refractivity contribution in [2.24, 2.45) is 0 Å². The van der Waals surface area contributed by atoms with Gasteiger partial charge in [-0.15, -0.1) is 0 Å². The third kappa shape index (κ3) is 3.18. The first kappa shape index (κ1) is 18.5. The van der Waals surface area contributed by atoms with Crippen LogP contribution in [0.1, 0.15) is 10.4 Å². The van der Waals surface area contributed by atoms with Gasteiger partial charge in [0.1, 0.15) is 11.5 Å². The van der Waals surface area contributed by atoms with E-state index >= 15 is 0 Å². The van der Waals surface area contributed by atoms with Crippen molar-refractivity contribution in [2.75, 3.05) is 0 Å². The van der Waals surface area contributed by atoms with Crippen molar-refractivity contribution in [1.82, 2.24) is 4.98 Å². The van der Waals surface area contributed by atoms with Gasteiger partial charge in [0, 0.05) is 23.1 Å². The number of carboxylic acid groups (broad SMARTS) is 1. The summed E-state index contributed by atoms with van der Waals surface area (Å²) >= 11 is 0. The summed E-state index contributed by atoms with van der Waals surface area (Å²) in [5.74, 6) is -0.157. The van der Waals surface area contributed by atoms with Crippen LogP contribution in [-0.4, -0.2) is 21.0 Å². The van der Waals surface area contributed by atoms with E-state index in [0.717, 1.165) is 16.3 Å². The molecule has 0 bridgehead atoms. The van der Waals surface area contributed by atoms with Crippen LogP contribution in [0.4, 0.5) is 5.69 Å². The van der Waals surface area contributed by atoms with Gasteiger partial charge in [0.25, 0.3) is 5.69 Å². The predicted molar refractivity (Wildman–Crippen MR) is 116 cm³/mol. The van der Waals surface area contributed by atoms with Crippen LogP contribution in [0, 0.1) is 10.1 Å². The molecule has 7 nitrogen and oxygen atoms in total. The van der Waals surface area contributed by atoms with Crippen LogP contribution in [0.3, 0.4) is 0 Å². The Morgan fingerprint density at radius 3 is 2.48 bits per heavy atom. The molecule has 0 fully saturated rings. The van der Waals surface area contributed by atoms with Gasteiger partial charge >= 0.3 is 5.97 Å². The smallest absolute Gasteiger partial charge is 0.336 e. The average molecular weight is 410 g/mol. The molecule has 2 heterocycles. The first-order chi connectivity index (χ1) is 15.0. The maximum Gasteiger partial charge on any atom is 0.336 e. The predicted octanol–water partition coefficient (Wildman–Crippen LogP) is 5.92. The number of fused-ring (bicyclic) bond motifs is 2. The number of aromatic carboxylic acids is 1. The third-order valence-corrected chi connectivity index (χ3v) is 5.15. The van der Waals surface area contributed by atoms with Crippen LogP contribution >= 0.6 is 0 Å². The van der Waals surface area contributed by atoms with Gasteiger partial charge in [0.2, 0.25) is 0 Å². The first-order valence-electron chi connectivity index (χ1n) is 9.42. The molecule has 0 amide bonds. The molecule has 0 aliphatic rings. The molecule has 0 saturated heterocycles. The van der Waals surface area contributed by atoms with Gasteiger partial charge in [-0.25, -0.2) is 9.78 Å². The van der Waals surface area contributed by atoms with Crippen molar-refractivity contribution in [3.63, 3.8) is 0 Å². The average Bonchev–Trinajstić information content (AvgIpc) is 3.27. The van der Waals surface area contributed by atoms with E-state index in [1.807, 2.05) is 48.5 Å². The summed E-state index contributed by atoms with van der Waals surface area (Å²) in [6, 6.07) is 22.8. The van der Waals surface area contributed by atoms with Gasteiger partial charge in [0.15, 0.2) is 5.76 Å². The van der Waals surface area contributed by atoms with Gasteiger partial charge in [-0.2, -0.15) is 0 Å². The van der Waals surface area contributed by atoms with Crippen molar-refractivity contribution in [3.8, 4) is 22.8 Å². The third-order valence-electron chi connectivity index (χ3n) is 5.15. The summed E-state index contributed by atoms with van der Waals surface area (Å²) in [6.07, 6.45) is 0. The second kappa shape index (κ2) is 7.07. The zero-order valence-electron chi connectivity index (χ0n) is 16.0. The van der Waals surface area contributed by atoms with Gasteiger partial charge < -0.3 is 9.52 Å². The summed E-state index contributed by atoms with van der Waals surface area (Å²) in [5, 5.41) is 23.0. The lowest BCUT2D eigenvalue weighted by Crippen LogP contribution is -2.01. The van der Waals surface area contributed by atoms with Crippen molar-refractivity contribution >= 4 is 33.3 Å². The van der Waals surface area contributed by atoms with Crippen LogP contribution in [0.5, 0.6) is 0 Å². The van der Waals surface area contributed by atoms with E-state index in [-0.39, 0.29) is 16.6 Å². The second-order valence-corrected chi connectivity index (χ2v) is 7.01. The van der Waals surface area contributed by atoms with Crippen LogP contribution < -0.4 is 0 Å². The van der Waals surface area contributed by atoms with Gasteiger partial charge in [-0.05, 0) is 35.0 Å². The summed E-state index contributed by atoms with van der Waals surface area (Å²) < 4.78 is 6.05. The van der Waals surface area contributed by atoms with Crippen LogP contribution in [0.15, 0.2) is 83.3 Å². The number of benzene rings is 3. The topological polar surface area (TPSA) is 106 Å². The number of nitro groups is 1. The van der Waals surface area contributed by atoms with E-state index in [2.05, 4.69) is 4.98 Å². The van der Waals surface area contributed by atoms with Gasteiger partial charge in [-0.1, -0.05) is 42.5 Å². The lowest BCUT2D eigenvalue weighted by Gasteiger charge is -2.06. The molecule has 31 heavy (non-hydrogen) atoms. The minimum atomic E-state index is -1.20. The number of nitrogens with zero attached hydrogens (tertiary/aromatic N) is 2. The molecule has 2 aromatic heterocycles. The lowest BCUT2D eigenvalue weighted by atomic mass is 10.0. The highest BCUT2D eigenvalue weighted by molar-refractivity contribution is 6.04. The molecule has 0 spiro atoms. The number of rotatable bonds is 4. The summed E-state index contributed by atoms with van der Waals surface area (Å²) in [5.41, 5.74) is 1.32. The van der Waals surface area contributed by atoms with E-state index in [0.29, 0.717) is 22.7 Å². The summed E-state index contributed by atoms with van der Waals surface area (Å²) in [6.45, 7) is 0. The number of aromatic nitrogens is 1. The number of furan rings is 1. The second-order valence-electron chi connectivity index (χ2n) is 7.01. The molecule has 150 valence electrons. The Morgan fingerprint density at radius 1 is 0.903 bits per heavy atom. The summed E-state index contributed by atoms with van der Waals surface area (Å²) in [7, 11) is 0. The molecule has 5 aromatic rings. The fourth-order valence-electron chi connectivity index (χ4n) is 3.69. The molecular weight excluding hydrogens is 396 g/mol. The zero-order chi connectivity index (χ0) is 21.5. The fourth-order valence-corrected chi connectivity index (χ4v) is 3.69. The minimum Gasteiger partial charge on any atom is -0.478 e. The highest BCUT2D eigenvalue weighted by Gasteiger charge is 2.18. The number of nitro benzene ring substituents is 1. The molecule has 0 atom stereocenters. The Morgan fingerprint density at radius 2 is 1.68 bits per heavy atom. The highest BCUT2D eigenvalue weighted by Crippen LogP contribution is 2.34. The zero-order valence-corrected chi connectivity index (χ0v) is 16.0. The standard InChI is InChI=1S/C24H14N2O5/c27-24(28)19-13-21(25-20-9-8-15(26(29)30)12-18(19)20)23-11-10-22(31-23)17-7-3-5-14-4-1-2-6-16(14)17/h1-13H,(H,27,28). The van der Waals surface area contributed by atoms with Crippen LogP contribution in [0.25, 0.3) is 44.5 Å². The Kier molecular flexibility index (Phi) is 4.22. The van der Waals surface area contributed by atoms with Crippen molar-refractivity contribution < 1.29 is 19.2 Å². The molecule has 0 aliphatic carbocycles. The molecule has 0 aliphatic heterocycles. The monoisotopic (exact) mass is 410 g/mol. The SMILES string of the molecule is O=C(O)c1cc(-c2ccc(-c3cccc4ccccc34)o2)nc2ccc([N+](=O)[O-])cc12. The van der Waals surface area contributed by atoms with E-state index in [1.165, 1.54) is 24.3 Å². The molecule has 3 aromatic carbocycles. The normalized spacial score (nSPS) is 11.1. The Balaban J connectivity index is 1.65. The Bertz CT molecular complexity index is 1500. The van der Waals surface area contributed by atoms with Gasteiger partial charge in [-0.3, -0.25) is 10.1 Å². The molecule has 5 rings (SSSR count). The number of carbonyl (C=O) groups is 1. The van der Waals surface area contributed by atoms with Crippen LogP contribution in [0.2, 0.25) is 0 Å². The number of hydrogen-bond acceptors (Lipinski definition) is 5. The first-order valence-corrected chi connectivity index (χ1v) is 9.42. The Hall–Kier alpha value is -4.52. The molecule has 0 unspecified atom stereocenters. The number of non-ortho nitro benzene ring substituents is 1. The largest absolute Gasteiger partial charge is 0.478 e. The maximum absolute atomic E-state index is 11.8. The molecule has 0 radical (unpaired) electrons. The fraction of sp³-hybridized carbons (Fsp3) is 0. The molecule has 7 heteroatoms. The van der Waals surface area contributed by atoms with Crippen molar-refractivity contribution in [1.29, 1.82) is 0 Å². The Labute approximate surface area is 175 Å². The quantitative estimate of drug-likeness (QED) is 0.291. The van der Waals surface area contributed by atoms with E-state index in [4.69, 9.17) is 4.42 Å². The molecular formula is C24H14N2O5. The van der Waals surface area contributed by atoms with Crippen LogP contribution in [-0.2, 0) is 0 Å². The van der Waals surface area contributed by atoms with Gasteiger partial charge in [0.05, 0.1) is 16.0 Å².